The molecular weight excluding hydrogens is 260 g/mol. The fraction of sp³-hybridized carbons (Fsp3) is 0.714. The molecule has 1 atom stereocenters. The molecule has 0 saturated heterocycles. The van der Waals surface area contributed by atoms with Crippen molar-refractivity contribution in [1.29, 1.82) is 0 Å². The lowest BCUT2D eigenvalue weighted by molar-refractivity contribution is 0.310. The first-order valence-electron chi connectivity index (χ1n) is 6.79. The van der Waals surface area contributed by atoms with E-state index in [9.17, 15) is 0 Å². The summed E-state index contributed by atoms with van der Waals surface area (Å²) in [6, 6.07) is 2.97. The van der Waals surface area contributed by atoms with Crippen molar-refractivity contribution in [3.63, 3.8) is 0 Å². The highest BCUT2D eigenvalue weighted by molar-refractivity contribution is 7.98. The standard InChI is InChI=1S/C14H24N2S2/c1-4-16(3)9-11(2)15-8-13-7-12-10-17-6-5-14(12)18-13/h7,11,15H,4-6,8-10H2,1-3H3. The lowest BCUT2D eigenvalue weighted by Crippen LogP contribution is -2.36. The predicted octanol–water partition coefficient (Wildman–Crippen LogP) is 2.97. The van der Waals surface area contributed by atoms with Crippen LogP contribution in [0.3, 0.4) is 0 Å². The molecule has 0 radical (unpaired) electrons. The molecule has 0 spiro atoms. The molecule has 0 aromatic carbocycles. The minimum atomic E-state index is 0.559. The molecule has 2 heterocycles. The lowest BCUT2D eigenvalue weighted by atomic mass is 10.2. The van der Waals surface area contributed by atoms with Crippen LogP contribution in [0.15, 0.2) is 6.07 Å². The third-order valence-electron chi connectivity index (χ3n) is 3.43. The van der Waals surface area contributed by atoms with Crippen molar-refractivity contribution in [2.24, 2.45) is 0 Å². The van der Waals surface area contributed by atoms with Crippen molar-refractivity contribution in [2.75, 3.05) is 25.9 Å². The van der Waals surface area contributed by atoms with E-state index in [1.165, 1.54) is 22.8 Å². The SMILES string of the molecule is CCN(C)CC(C)NCc1cc2c(s1)CCSC2. The number of nitrogens with one attached hydrogen (secondary N) is 1. The zero-order valence-electron chi connectivity index (χ0n) is 11.7. The van der Waals surface area contributed by atoms with Crippen molar-refractivity contribution < 1.29 is 0 Å². The van der Waals surface area contributed by atoms with E-state index < -0.39 is 0 Å². The lowest BCUT2D eigenvalue weighted by Gasteiger charge is -2.20. The van der Waals surface area contributed by atoms with E-state index in [1.807, 2.05) is 11.3 Å². The fourth-order valence-corrected chi connectivity index (χ4v) is 4.56. The largest absolute Gasteiger partial charge is 0.308 e. The summed E-state index contributed by atoms with van der Waals surface area (Å²) in [5, 5.41) is 3.64. The van der Waals surface area contributed by atoms with E-state index in [0.717, 1.165) is 19.6 Å². The normalized spacial score (nSPS) is 16.9. The molecule has 0 bridgehead atoms. The topological polar surface area (TPSA) is 15.3 Å². The Morgan fingerprint density at radius 2 is 2.33 bits per heavy atom. The van der Waals surface area contributed by atoms with Gasteiger partial charge in [-0.2, -0.15) is 11.8 Å². The highest BCUT2D eigenvalue weighted by Crippen LogP contribution is 2.31. The molecule has 0 aliphatic carbocycles. The number of rotatable bonds is 6. The number of nitrogens with zero attached hydrogens (tertiary/aromatic N) is 1. The van der Waals surface area contributed by atoms with Crippen LogP contribution in [0.25, 0.3) is 0 Å². The van der Waals surface area contributed by atoms with Crippen LogP contribution in [-0.2, 0) is 18.7 Å². The van der Waals surface area contributed by atoms with E-state index in [0.29, 0.717) is 6.04 Å². The molecule has 1 aromatic rings. The van der Waals surface area contributed by atoms with Gasteiger partial charge in [-0.15, -0.1) is 11.3 Å². The molecule has 102 valence electrons. The number of likely N-dealkylation sites (N-methyl/N-ethyl adjacent to an activating group) is 1. The quantitative estimate of drug-likeness (QED) is 0.864. The van der Waals surface area contributed by atoms with Gasteiger partial charge in [0.15, 0.2) is 0 Å². The third kappa shape index (κ3) is 3.98. The molecule has 4 heteroatoms. The molecule has 2 rings (SSSR count). The van der Waals surface area contributed by atoms with Gasteiger partial charge < -0.3 is 10.2 Å². The average molecular weight is 284 g/mol. The van der Waals surface area contributed by atoms with E-state index >= 15 is 0 Å². The molecule has 1 unspecified atom stereocenters. The molecule has 2 nitrogen and oxygen atoms in total. The summed E-state index contributed by atoms with van der Waals surface area (Å²) >= 11 is 4.08. The van der Waals surface area contributed by atoms with Crippen molar-refractivity contribution in [3.05, 3.63) is 21.4 Å². The van der Waals surface area contributed by atoms with Crippen molar-refractivity contribution in [1.82, 2.24) is 10.2 Å². The van der Waals surface area contributed by atoms with Gasteiger partial charge >= 0.3 is 0 Å². The van der Waals surface area contributed by atoms with Gasteiger partial charge in [0, 0.05) is 34.6 Å². The number of fused-ring (bicyclic) bond motifs is 1. The van der Waals surface area contributed by atoms with Crippen molar-refractivity contribution >= 4 is 23.1 Å². The minimum Gasteiger partial charge on any atom is -0.308 e. The van der Waals surface area contributed by atoms with Crippen molar-refractivity contribution in [3.8, 4) is 0 Å². The minimum absolute atomic E-state index is 0.559. The van der Waals surface area contributed by atoms with Gasteiger partial charge in [0.25, 0.3) is 0 Å². The summed E-state index contributed by atoms with van der Waals surface area (Å²) in [6.07, 6.45) is 1.28. The van der Waals surface area contributed by atoms with Gasteiger partial charge in [0.2, 0.25) is 0 Å². The van der Waals surface area contributed by atoms with E-state index in [1.54, 1.807) is 10.4 Å². The summed E-state index contributed by atoms with van der Waals surface area (Å²) in [4.78, 5) is 5.49. The van der Waals surface area contributed by atoms with Crippen LogP contribution in [0.1, 0.15) is 29.2 Å². The van der Waals surface area contributed by atoms with Gasteiger partial charge in [0.05, 0.1) is 0 Å². The zero-order valence-corrected chi connectivity index (χ0v) is 13.3. The Morgan fingerprint density at radius 3 is 3.06 bits per heavy atom. The predicted molar refractivity (Wildman–Crippen MR) is 83.7 cm³/mol. The van der Waals surface area contributed by atoms with Crippen LogP contribution in [0.4, 0.5) is 0 Å². The molecule has 0 saturated carbocycles. The van der Waals surface area contributed by atoms with E-state index in [2.05, 4.69) is 48.9 Å². The van der Waals surface area contributed by atoms with Crippen LogP contribution in [0, 0.1) is 0 Å². The first-order chi connectivity index (χ1) is 8.69. The number of aryl methyl sites for hydroxylation is 1. The van der Waals surface area contributed by atoms with Crippen LogP contribution >= 0.6 is 23.1 Å². The summed E-state index contributed by atoms with van der Waals surface area (Å²) in [6.45, 7) is 7.75. The highest BCUT2D eigenvalue weighted by atomic mass is 32.2. The average Bonchev–Trinajstić information content (AvgIpc) is 2.79. The molecule has 1 aliphatic rings. The summed E-state index contributed by atoms with van der Waals surface area (Å²) < 4.78 is 0. The summed E-state index contributed by atoms with van der Waals surface area (Å²) in [7, 11) is 2.18. The molecule has 0 amide bonds. The maximum atomic E-state index is 3.64. The molecule has 1 aromatic heterocycles. The Labute approximate surface area is 119 Å². The van der Waals surface area contributed by atoms with Gasteiger partial charge in [0.1, 0.15) is 0 Å². The molecule has 1 aliphatic heterocycles. The maximum Gasteiger partial charge on any atom is 0.0302 e. The van der Waals surface area contributed by atoms with Crippen LogP contribution in [-0.4, -0.2) is 36.8 Å². The Bertz CT molecular complexity index is 352. The highest BCUT2D eigenvalue weighted by Gasteiger charge is 2.14. The Kier molecular flexibility index (Phi) is 5.55. The van der Waals surface area contributed by atoms with Gasteiger partial charge in [-0.05, 0) is 44.3 Å². The van der Waals surface area contributed by atoms with E-state index in [4.69, 9.17) is 0 Å². The molecule has 0 fully saturated rings. The van der Waals surface area contributed by atoms with Crippen LogP contribution in [0.2, 0.25) is 0 Å². The van der Waals surface area contributed by atoms with Crippen LogP contribution in [0.5, 0.6) is 0 Å². The van der Waals surface area contributed by atoms with Gasteiger partial charge in [-0.25, -0.2) is 0 Å². The number of thioether (sulfide) groups is 1. The summed E-state index contributed by atoms with van der Waals surface area (Å²) in [5.74, 6) is 2.53. The Hall–Kier alpha value is -0.0300. The first kappa shape index (κ1) is 14.4. The monoisotopic (exact) mass is 284 g/mol. The first-order valence-corrected chi connectivity index (χ1v) is 8.76. The van der Waals surface area contributed by atoms with Gasteiger partial charge in [-0.1, -0.05) is 6.92 Å². The molecular formula is C14H24N2S2. The molecule has 18 heavy (non-hydrogen) atoms. The number of thiophene rings is 1. The fourth-order valence-electron chi connectivity index (χ4n) is 2.23. The Morgan fingerprint density at radius 1 is 1.50 bits per heavy atom. The van der Waals surface area contributed by atoms with Gasteiger partial charge in [-0.3, -0.25) is 0 Å². The van der Waals surface area contributed by atoms with Crippen LogP contribution < -0.4 is 5.32 Å². The van der Waals surface area contributed by atoms with Crippen molar-refractivity contribution in [2.45, 2.75) is 38.6 Å². The third-order valence-corrected chi connectivity index (χ3v) is 5.67. The Balaban J connectivity index is 1.81. The molecule has 1 N–H and O–H groups in total. The number of hydrogen-bond donors (Lipinski definition) is 1. The maximum absolute atomic E-state index is 3.64. The second-order valence-corrected chi connectivity index (χ2v) is 7.43. The number of hydrogen-bond acceptors (Lipinski definition) is 4. The smallest absolute Gasteiger partial charge is 0.0302 e. The second-order valence-electron chi connectivity index (χ2n) is 5.10. The zero-order chi connectivity index (χ0) is 13.0. The second kappa shape index (κ2) is 6.94. The summed E-state index contributed by atoms with van der Waals surface area (Å²) in [5.41, 5.74) is 1.59. The van der Waals surface area contributed by atoms with E-state index in [-0.39, 0.29) is 0 Å².